The summed E-state index contributed by atoms with van der Waals surface area (Å²) in [6, 6.07) is 10.2. The van der Waals surface area contributed by atoms with Crippen LogP contribution < -0.4 is 4.90 Å². The number of anilines is 1. The number of pyridine rings is 1. The Morgan fingerprint density at radius 2 is 2.04 bits per heavy atom. The fraction of sp³-hybridized carbons (Fsp3) is 0.211. The molecule has 0 saturated carbocycles. The number of aryl methyl sites for hydroxylation is 1. The van der Waals surface area contributed by atoms with Gasteiger partial charge in [0, 0.05) is 37.1 Å². The first kappa shape index (κ1) is 17.4. The van der Waals surface area contributed by atoms with Gasteiger partial charge in [-0.15, -0.1) is 0 Å². The summed E-state index contributed by atoms with van der Waals surface area (Å²) in [4.78, 5) is 19.3. The van der Waals surface area contributed by atoms with E-state index in [-0.39, 0.29) is 10.8 Å². The molecular weight excluding hydrogens is 364 g/mol. The highest BCUT2D eigenvalue weighted by atomic mass is 32.2. The second-order valence-corrected chi connectivity index (χ2v) is 8.49. The highest BCUT2D eigenvalue weighted by Crippen LogP contribution is 2.30. The first-order chi connectivity index (χ1) is 12.9. The van der Waals surface area contributed by atoms with E-state index in [1.807, 2.05) is 0 Å². The van der Waals surface area contributed by atoms with Gasteiger partial charge in [-0.05, 0) is 54.8 Å². The molecule has 8 heteroatoms. The minimum absolute atomic E-state index is 0.150. The summed E-state index contributed by atoms with van der Waals surface area (Å²) in [7, 11) is -3.27. The molecule has 3 aromatic rings. The van der Waals surface area contributed by atoms with Crippen molar-refractivity contribution in [2.45, 2.75) is 17.7 Å². The minimum atomic E-state index is -3.27. The maximum Gasteiger partial charge on any atom is 0.259 e. The molecule has 1 aliphatic rings. The van der Waals surface area contributed by atoms with Crippen LogP contribution in [0, 0.1) is 0 Å². The van der Waals surface area contributed by atoms with Gasteiger partial charge in [-0.25, -0.2) is 18.1 Å². The van der Waals surface area contributed by atoms with Gasteiger partial charge in [-0.1, -0.05) is 0 Å². The van der Waals surface area contributed by atoms with Crippen LogP contribution in [0.4, 0.5) is 5.69 Å². The molecule has 0 atom stereocenters. The summed E-state index contributed by atoms with van der Waals surface area (Å²) in [6.07, 6.45) is 7.70. The zero-order valence-corrected chi connectivity index (χ0v) is 15.6. The molecule has 0 unspecified atom stereocenters. The second-order valence-electron chi connectivity index (χ2n) is 6.48. The van der Waals surface area contributed by atoms with Crippen molar-refractivity contribution in [1.29, 1.82) is 0 Å². The summed E-state index contributed by atoms with van der Waals surface area (Å²) in [5, 5.41) is 4.12. The van der Waals surface area contributed by atoms with Crippen LogP contribution in [0.1, 0.15) is 22.3 Å². The van der Waals surface area contributed by atoms with Gasteiger partial charge in [-0.2, -0.15) is 5.10 Å². The van der Waals surface area contributed by atoms with E-state index in [1.54, 1.807) is 64.6 Å². The number of benzene rings is 1. The molecule has 0 fully saturated rings. The zero-order chi connectivity index (χ0) is 19.0. The van der Waals surface area contributed by atoms with Gasteiger partial charge >= 0.3 is 0 Å². The molecule has 0 aliphatic carbocycles. The van der Waals surface area contributed by atoms with Crippen LogP contribution in [-0.2, 0) is 16.3 Å². The van der Waals surface area contributed by atoms with Crippen molar-refractivity contribution in [2.24, 2.45) is 0 Å². The highest BCUT2D eigenvalue weighted by Gasteiger charge is 2.25. The van der Waals surface area contributed by atoms with Crippen LogP contribution >= 0.6 is 0 Å². The standard InChI is InChI=1S/C19H18N4O3S/c1-27(25,26)16-6-7-17-14(12-16)4-2-10-22(17)19(24)15-5-8-18(20-13-15)23-11-3-9-21-23/h3,5-9,11-13H,2,4,10H2,1H3. The van der Waals surface area contributed by atoms with Crippen LogP contribution in [-0.4, -0.2) is 41.9 Å². The number of aromatic nitrogens is 3. The third-order valence-corrected chi connectivity index (χ3v) is 5.69. The molecule has 4 rings (SSSR count). The van der Waals surface area contributed by atoms with Crippen LogP contribution in [0.25, 0.3) is 5.82 Å². The quantitative estimate of drug-likeness (QED) is 0.694. The number of amides is 1. The van der Waals surface area contributed by atoms with E-state index in [4.69, 9.17) is 0 Å². The van der Waals surface area contributed by atoms with Gasteiger partial charge in [0.2, 0.25) is 0 Å². The monoisotopic (exact) mass is 382 g/mol. The maximum absolute atomic E-state index is 13.0. The largest absolute Gasteiger partial charge is 0.308 e. The molecule has 0 spiro atoms. The number of fused-ring (bicyclic) bond motifs is 1. The number of hydrogen-bond donors (Lipinski definition) is 0. The van der Waals surface area contributed by atoms with Gasteiger partial charge in [0.15, 0.2) is 15.7 Å². The van der Waals surface area contributed by atoms with Crippen LogP contribution in [0.2, 0.25) is 0 Å². The van der Waals surface area contributed by atoms with Crippen LogP contribution in [0.3, 0.4) is 0 Å². The first-order valence-corrected chi connectivity index (χ1v) is 10.4. The van der Waals surface area contributed by atoms with Gasteiger partial charge in [-0.3, -0.25) is 4.79 Å². The van der Waals surface area contributed by atoms with Crippen molar-refractivity contribution in [3.63, 3.8) is 0 Å². The number of hydrogen-bond acceptors (Lipinski definition) is 5. The Balaban J connectivity index is 1.64. The molecule has 2 aromatic heterocycles. The van der Waals surface area contributed by atoms with E-state index in [0.29, 0.717) is 17.9 Å². The van der Waals surface area contributed by atoms with Gasteiger partial charge < -0.3 is 4.90 Å². The fourth-order valence-corrected chi connectivity index (χ4v) is 3.89. The van der Waals surface area contributed by atoms with Crippen LogP contribution in [0.15, 0.2) is 59.9 Å². The number of carbonyl (C=O) groups excluding carboxylic acids is 1. The molecule has 1 aliphatic heterocycles. The molecule has 0 radical (unpaired) electrons. The normalized spacial score (nSPS) is 14.0. The molecule has 7 nitrogen and oxygen atoms in total. The average Bonchev–Trinajstić information content (AvgIpc) is 3.21. The molecule has 27 heavy (non-hydrogen) atoms. The predicted molar refractivity (Wildman–Crippen MR) is 101 cm³/mol. The Bertz CT molecular complexity index is 1090. The Morgan fingerprint density at radius 1 is 1.19 bits per heavy atom. The topological polar surface area (TPSA) is 85.2 Å². The van der Waals surface area contributed by atoms with Crippen molar-refractivity contribution in [3.05, 3.63) is 66.1 Å². The van der Waals surface area contributed by atoms with E-state index in [9.17, 15) is 13.2 Å². The van der Waals surface area contributed by atoms with Crippen LogP contribution in [0.5, 0.6) is 0 Å². The number of sulfone groups is 1. The molecule has 1 aromatic carbocycles. The summed E-state index contributed by atoms with van der Waals surface area (Å²) < 4.78 is 25.2. The van der Waals surface area contributed by atoms with Crippen molar-refractivity contribution >= 4 is 21.4 Å². The third kappa shape index (κ3) is 3.35. The SMILES string of the molecule is CS(=O)(=O)c1ccc2c(c1)CCCN2C(=O)c1ccc(-n2cccn2)nc1. The minimum Gasteiger partial charge on any atom is -0.308 e. The van der Waals surface area contributed by atoms with E-state index < -0.39 is 9.84 Å². The first-order valence-electron chi connectivity index (χ1n) is 8.54. The Labute approximate surface area is 157 Å². The van der Waals surface area contributed by atoms with E-state index in [1.165, 1.54) is 6.26 Å². The lowest BCUT2D eigenvalue weighted by molar-refractivity contribution is 0.0984. The molecule has 3 heterocycles. The second kappa shape index (κ2) is 6.62. The summed E-state index contributed by atoms with van der Waals surface area (Å²) >= 11 is 0. The van der Waals surface area contributed by atoms with E-state index in [2.05, 4.69) is 10.1 Å². The Hall–Kier alpha value is -3.00. The zero-order valence-electron chi connectivity index (χ0n) is 14.7. The van der Waals surface area contributed by atoms with Crippen molar-refractivity contribution < 1.29 is 13.2 Å². The lowest BCUT2D eigenvalue weighted by Gasteiger charge is -2.29. The summed E-state index contributed by atoms with van der Waals surface area (Å²) in [6.45, 7) is 0.588. The third-order valence-electron chi connectivity index (χ3n) is 4.58. The Kier molecular flexibility index (Phi) is 4.27. The predicted octanol–water partition coefficient (Wildman–Crippen LogP) is 2.26. The maximum atomic E-state index is 13.0. The molecule has 138 valence electrons. The van der Waals surface area contributed by atoms with Gasteiger partial charge in [0.25, 0.3) is 5.91 Å². The molecule has 0 saturated heterocycles. The van der Waals surface area contributed by atoms with Gasteiger partial charge in [0.1, 0.15) is 0 Å². The number of rotatable bonds is 3. The lowest BCUT2D eigenvalue weighted by Crippen LogP contribution is -2.35. The summed E-state index contributed by atoms with van der Waals surface area (Å²) in [5.41, 5.74) is 2.11. The van der Waals surface area contributed by atoms with E-state index in [0.717, 1.165) is 24.1 Å². The smallest absolute Gasteiger partial charge is 0.259 e. The lowest BCUT2D eigenvalue weighted by atomic mass is 10.0. The van der Waals surface area contributed by atoms with Crippen molar-refractivity contribution in [3.8, 4) is 5.82 Å². The number of nitrogens with zero attached hydrogens (tertiary/aromatic N) is 4. The fourth-order valence-electron chi connectivity index (χ4n) is 3.22. The average molecular weight is 382 g/mol. The Morgan fingerprint density at radius 3 is 2.70 bits per heavy atom. The highest BCUT2D eigenvalue weighted by molar-refractivity contribution is 7.90. The van der Waals surface area contributed by atoms with E-state index >= 15 is 0 Å². The molecule has 0 bridgehead atoms. The van der Waals surface area contributed by atoms with Crippen molar-refractivity contribution in [1.82, 2.24) is 14.8 Å². The summed E-state index contributed by atoms with van der Waals surface area (Å²) in [5.74, 6) is 0.482. The number of carbonyl (C=O) groups is 1. The molecule has 1 amide bonds. The van der Waals surface area contributed by atoms with Crippen molar-refractivity contribution in [2.75, 3.05) is 17.7 Å². The molecular formula is C19H18N4O3S. The van der Waals surface area contributed by atoms with Gasteiger partial charge in [0.05, 0.1) is 10.5 Å². The molecule has 0 N–H and O–H groups in total.